The Morgan fingerprint density at radius 2 is 1.05 bits per heavy atom. The lowest BCUT2D eigenvalue weighted by atomic mass is 9.88. The van der Waals surface area contributed by atoms with Gasteiger partial charge in [-0.1, -0.05) is 75.2 Å². The number of hydrogen-bond acceptors (Lipinski definition) is 2. The highest BCUT2D eigenvalue weighted by molar-refractivity contribution is 6.10. The van der Waals surface area contributed by atoms with Crippen LogP contribution in [0.25, 0.3) is 32.7 Å². The van der Waals surface area contributed by atoms with Crippen molar-refractivity contribution in [3.63, 3.8) is 0 Å². The molecule has 0 unspecified atom stereocenters. The van der Waals surface area contributed by atoms with Crippen molar-refractivity contribution in [1.82, 2.24) is 9.13 Å². The maximum atomic E-state index is 12.0. The van der Waals surface area contributed by atoms with Gasteiger partial charge in [0.25, 0.3) is 0 Å². The topological polar surface area (TPSA) is 58.1 Å². The van der Waals surface area contributed by atoms with Gasteiger partial charge < -0.3 is 10.2 Å². The number of aryl methyl sites for hydroxylation is 2. The summed E-state index contributed by atoms with van der Waals surface area (Å²) in [6.45, 7) is 7.41. The fourth-order valence-electron chi connectivity index (χ4n) is 5.94. The van der Waals surface area contributed by atoms with Gasteiger partial charge in [0, 0.05) is 22.3 Å². The SMILES string of the molecule is CCCCn1cc[n+](Cc2cc3ccccc3c(-c3c(O)c(C[n+]4ccn(CCCC)c4)cc4ccccc34)c2O)c1. The molecule has 2 heterocycles. The third-order valence-corrected chi connectivity index (χ3v) is 8.19. The second kappa shape index (κ2) is 12.1. The second-order valence-corrected chi connectivity index (χ2v) is 11.3. The molecule has 0 fully saturated rings. The zero-order valence-electron chi connectivity index (χ0n) is 24.6. The zero-order chi connectivity index (χ0) is 29.1. The van der Waals surface area contributed by atoms with Crippen LogP contribution in [0.5, 0.6) is 11.5 Å². The van der Waals surface area contributed by atoms with Gasteiger partial charge in [-0.15, -0.1) is 0 Å². The largest absolute Gasteiger partial charge is 0.507 e. The summed E-state index contributed by atoms with van der Waals surface area (Å²) >= 11 is 0. The molecule has 0 saturated carbocycles. The smallest absolute Gasteiger partial charge is 0.244 e. The molecule has 6 nitrogen and oxygen atoms in total. The van der Waals surface area contributed by atoms with Crippen molar-refractivity contribution in [2.45, 2.75) is 65.7 Å². The molecule has 0 aliphatic heterocycles. The molecule has 0 amide bonds. The first-order valence-corrected chi connectivity index (χ1v) is 15.1. The first kappa shape index (κ1) is 27.6. The van der Waals surface area contributed by atoms with Crippen LogP contribution in [0.2, 0.25) is 0 Å². The van der Waals surface area contributed by atoms with E-state index in [1.54, 1.807) is 0 Å². The highest BCUT2D eigenvalue weighted by atomic mass is 16.3. The Morgan fingerprint density at radius 3 is 1.48 bits per heavy atom. The number of aromatic nitrogens is 4. The first-order chi connectivity index (χ1) is 20.6. The molecular weight excluding hydrogens is 520 g/mol. The molecule has 6 aromatic rings. The minimum absolute atomic E-state index is 0.207. The quantitative estimate of drug-likeness (QED) is 0.169. The molecule has 0 atom stereocenters. The number of phenolic OH excluding ortho intramolecular Hbond substituents is 2. The van der Waals surface area contributed by atoms with Crippen LogP contribution >= 0.6 is 0 Å². The number of rotatable bonds is 11. The van der Waals surface area contributed by atoms with Crippen LogP contribution in [0.15, 0.2) is 98.1 Å². The van der Waals surface area contributed by atoms with E-state index in [1.165, 1.54) is 0 Å². The van der Waals surface area contributed by atoms with Crippen molar-refractivity contribution in [2.75, 3.05) is 0 Å². The molecule has 6 rings (SSSR count). The predicted molar refractivity (Wildman–Crippen MR) is 167 cm³/mol. The summed E-state index contributed by atoms with van der Waals surface area (Å²) in [4.78, 5) is 0. The number of fused-ring (bicyclic) bond motifs is 2. The highest BCUT2D eigenvalue weighted by Gasteiger charge is 2.23. The van der Waals surface area contributed by atoms with Gasteiger partial charge in [0.1, 0.15) is 49.4 Å². The van der Waals surface area contributed by atoms with Crippen molar-refractivity contribution in [2.24, 2.45) is 0 Å². The number of nitrogens with zero attached hydrogens (tertiary/aromatic N) is 4. The molecule has 0 aliphatic rings. The van der Waals surface area contributed by atoms with Crippen LogP contribution in [0.1, 0.15) is 50.7 Å². The number of imidazole rings is 2. The Labute approximate surface area is 247 Å². The minimum atomic E-state index is 0.207. The molecule has 0 bridgehead atoms. The van der Waals surface area contributed by atoms with E-state index in [1.807, 2.05) is 36.4 Å². The molecule has 0 spiro atoms. The third kappa shape index (κ3) is 5.49. The predicted octanol–water partition coefficient (Wildman–Crippen LogP) is 6.95. The standard InChI is InChI=1S/C36H38N4O2/c1-3-5-15-37-17-19-39(25-37)23-29-21-27-11-7-9-13-31(27)33(35(29)41)34-32-14-10-8-12-28(32)22-30(36(34)42)24-40-20-18-38(26-40)16-6-4-2/h7-14,17-22,25-26H,3-6,15-16,23-24H2,1-2H3/p+2. The molecule has 2 aromatic heterocycles. The van der Waals surface area contributed by atoms with Crippen LogP contribution in [0.4, 0.5) is 0 Å². The molecule has 0 aliphatic carbocycles. The lowest BCUT2D eigenvalue weighted by Gasteiger charge is -2.18. The Balaban J connectivity index is 1.49. The van der Waals surface area contributed by atoms with Crippen LogP contribution < -0.4 is 9.13 Å². The average Bonchev–Trinajstić information content (AvgIpc) is 3.65. The van der Waals surface area contributed by atoms with E-state index in [0.717, 1.165) is 71.4 Å². The Kier molecular flexibility index (Phi) is 7.95. The molecule has 0 radical (unpaired) electrons. The molecule has 6 heteroatoms. The number of phenols is 2. The molecule has 4 aromatic carbocycles. The van der Waals surface area contributed by atoms with E-state index in [-0.39, 0.29) is 11.5 Å². The number of hydrogen-bond donors (Lipinski definition) is 2. The third-order valence-electron chi connectivity index (χ3n) is 8.19. The molecule has 42 heavy (non-hydrogen) atoms. The average molecular weight is 561 g/mol. The van der Waals surface area contributed by atoms with Gasteiger partial charge in [-0.3, -0.25) is 0 Å². The fraction of sp³-hybridized carbons (Fsp3) is 0.278. The summed E-state index contributed by atoms with van der Waals surface area (Å²) in [5, 5.41) is 27.8. The van der Waals surface area contributed by atoms with Gasteiger partial charge in [-0.25, -0.2) is 18.3 Å². The molecule has 2 N–H and O–H groups in total. The van der Waals surface area contributed by atoms with E-state index in [2.05, 4.69) is 93.8 Å². The van der Waals surface area contributed by atoms with Crippen molar-refractivity contribution in [3.05, 3.63) is 109 Å². The summed E-state index contributed by atoms with van der Waals surface area (Å²) in [6, 6.07) is 20.4. The van der Waals surface area contributed by atoms with E-state index in [9.17, 15) is 10.2 Å². The van der Waals surface area contributed by atoms with Crippen LogP contribution in [-0.2, 0) is 26.2 Å². The van der Waals surface area contributed by atoms with E-state index < -0.39 is 0 Å². The lowest BCUT2D eigenvalue weighted by Crippen LogP contribution is -2.31. The normalized spacial score (nSPS) is 11.6. The maximum absolute atomic E-state index is 12.0. The van der Waals surface area contributed by atoms with Gasteiger partial charge in [-0.05, 0) is 46.5 Å². The lowest BCUT2D eigenvalue weighted by molar-refractivity contribution is -0.688. The monoisotopic (exact) mass is 560 g/mol. The van der Waals surface area contributed by atoms with Crippen molar-refractivity contribution in [3.8, 4) is 22.6 Å². The summed E-state index contributed by atoms with van der Waals surface area (Å²) in [5.41, 5.74) is 2.99. The Morgan fingerprint density at radius 1 is 0.619 bits per heavy atom. The van der Waals surface area contributed by atoms with Crippen molar-refractivity contribution >= 4 is 21.5 Å². The number of unbranched alkanes of at least 4 members (excludes halogenated alkanes) is 2. The van der Waals surface area contributed by atoms with Gasteiger partial charge in [0.15, 0.2) is 0 Å². The Hall–Kier alpha value is -4.58. The highest BCUT2D eigenvalue weighted by Crippen LogP contribution is 2.47. The van der Waals surface area contributed by atoms with Gasteiger partial charge in [0.05, 0.1) is 13.1 Å². The van der Waals surface area contributed by atoms with Crippen molar-refractivity contribution < 1.29 is 19.3 Å². The molecular formula is C36H40N4O2+2. The van der Waals surface area contributed by atoms with E-state index in [0.29, 0.717) is 24.2 Å². The molecule has 0 saturated heterocycles. The van der Waals surface area contributed by atoms with Gasteiger partial charge in [0.2, 0.25) is 12.7 Å². The van der Waals surface area contributed by atoms with Gasteiger partial charge >= 0.3 is 0 Å². The summed E-state index contributed by atoms with van der Waals surface area (Å²) in [5.74, 6) is 0.414. The van der Waals surface area contributed by atoms with Crippen LogP contribution in [-0.4, -0.2) is 19.3 Å². The summed E-state index contributed by atoms with van der Waals surface area (Å²) in [7, 11) is 0. The van der Waals surface area contributed by atoms with E-state index in [4.69, 9.17) is 0 Å². The molecule has 214 valence electrons. The maximum Gasteiger partial charge on any atom is 0.244 e. The van der Waals surface area contributed by atoms with Crippen molar-refractivity contribution in [1.29, 1.82) is 0 Å². The number of aromatic hydroxyl groups is 2. The fourth-order valence-corrected chi connectivity index (χ4v) is 5.94. The van der Waals surface area contributed by atoms with Gasteiger partial charge in [-0.2, -0.15) is 0 Å². The Bertz CT molecular complexity index is 1710. The first-order valence-electron chi connectivity index (χ1n) is 15.1. The minimum Gasteiger partial charge on any atom is -0.507 e. The number of benzene rings is 4. The van der Waals surface area contributed by atoms with Crippen LogP contribution in [0.3, 0.4) is 0 Å². The summed E-state index contributed by atoms with van der Waals surface area (Å²) < 4.78 is 8.60. The second-order valence-electron chi connectivity index (χ2n) is 11.3. The zero-order valence-corrected chi connectivity index (χ0v) is 24.6. The van der Waals surface area contributed by atoms with E-state index >= 15 is 0 Å². The van der Waals surface area contributed by atoms with Crippen LogP contribution in [0, 0.1) is 0 Å². The summed E-state index contributed by atoms with van der Waals surface area (Å²) in [6.07, 6.45) is 17.0.